The maximum atomic E-state index is 5.33. The van der Waals surface area contributed by atoms with Crippen molar-refractivity contribution in [1.82, 2.24) is 14.9 Å². The number of nitrogens with zero attached hydrogens (tertiary/aromatic N) is 2. The zero-order valence-corrected chi connectivity index (χ0v) is 7.21. The second-order valence-electron chi connectivity index (χ2n) is 2.79. The molecule has 1 aliphatic rings. The Morgan fingerprint density at radius 1 is 1.75 bits per heavy atom. The van der Waals surface area contributed by atoms with Crippen LogP contribution >= 0.6 is 0 Å². The van der Waals surface area contributed by atoms with Gasteiger partial charge in [-0.3, -0.25) is 4.57 Å². The van der Waals surface area contributed by atoms with Crippen LogP contribution in [-0.4, -0.2) is 22.7 Å². The van der Waals surface area contributed by atoms with Crippen LogP contribution in [-0.2, 0) is 13.1 Å². The Bertz CT molecular complexity index is 269. The SMILES string of the molecule is CCNCc1ncc2n1CCO2. The van der Waals surface area contributed by atoms with Crippen LogP contribution in [0, 0.1) is 0 Å². The second kappa shape index (κ2) is 3.15. The number of fused-ring (bicyclic) bond motifs is 1. The normalized spacial score (nSPS) is 14.4. The van der Waals surface area contributed by atoms with Crippen molar-refractivity contribution < 1.29 is 4.74 Å². The lowest BCUT2D eigenvalue weighted by molar-refractivity contribution is 0.355. The van der Waals surface area contributed by atoms with E-state index in [0.29, 0.717) is 0 Å². The van der Waals surface area contributed by atoms with Gasteiger partial charge in [0.05, 0.1) is 19.3 Å². The molecule has 1 aromatic heterocycles. The molecule has 0 aliphatic carbocycles. The highest BCUT2D eigenvalue weighted by Gasteiger charge is 2.15. The zero-order chi connectivity index (χ0) is 8.39. The molecule has 0 amide bonds. The summed E-state index contributed by atoms with van der Waals surface area (Å²) in [5.74, 6) is 1.98. The summed E-state index contributed by atoms with van der Waals surface area (Å²) in [6.45, 7) is 5.63. The minimum Gasteiger partial charge on any atom is -0.476 e. The molecule has 1 N–H and O–H groups in total. The van der Waals surface area contributed by atoms with Crippen molar-refractivity contribution >= 4 is 0 Å². The molecule has 0 bridgehead atoms. The van der Waals surface area contributed by atoms with Crippen molar-refractivity contribution in [3.63, 3.8) is 0 Å². The fourth-order valence-electron chi connectivity index (χ4n) is 1.37. The van der Waals surface area contributed by atoms with Crippen molar-refractivity contribution in [1.29, 1.82) is 0 Å². The molecule has 0 saturated carbocycles. The molecule has 4 heteroatoms. The van der Waals surface area contributed by atoms with Crippen molar-refractivity contribution in [2.45, 2.75) is 20.0 Å². The van der Waals surface area contributed by atoms with Crippen LogP contribution in [0.25, 0.3) is 0 Å². The predicted octanol–water partition coefficient (Wildman–Crippen LogP) is 0.385. The smallest absolute Gasteiger partial charge is 0.214 e. The maximum Gasteiger partial charge on any atom is 0.214 e. The molecule has 4 nitrogen and oxygen atoms in total. The lowest BCUT2D eigenvalue weighted by Gasteiger charge is -2.01. The van der Waals surface area contributed by atoms with Crippen LogP contribution in [0.5, 0.6) is 5.88 Å². The van der Waals surface area contributed by atoms with E-state index in [2.05, 4.69) is 21.8 Å². The first-order valence-corrected chi connectivity index (χ1v) is 4.29. The Kier molecular flexibility index (Phi) is 1.99. The lowest BCUT2D eigenvalue weighted by Crippen LogP contribution is -2.15. The van der Waals surface area contributed by atoms with Gasteiger partial charge in [-0.15, -0.1) is 0 Å². The summed E-state index contributed by atoms with van der Waals surface area (Å²) < 4.78 is 7.45. The van der Waals surface area contributed by atoms with Gasteiger partial charge in [0.25, 0.3) is 0 Å². The van der Waals surface area contributed by atoms with Crippen LogP contribution in [0.3, 0.4) is 0 Å². The number of imidazole rings is 1. The van der Waals surface area contributed by atoms with E-state index in [9.17, 15) is 0 Å². The molecule has 0 aromatic carbocycles. The maximum absolute atomic E-state index is 5.33. The summed E-state index contributed by atoms with van der Waals surface area (Å²) in [5.41, 5.74) is 0. The van der Waals surface area contributed by atoms with Crippen molar-refractivity contribution in [3.8, 4) is 5.88 Å². The summed E-state index contributed by atoms with van der Waals surface area (Å²) >= 11 is 0. The van der Waals surface area contributed by atoms with Gasteiger partial charge in [-0.05, 0) is 6.54 Å². The van der Waals surface area contributed by atoms with Crippen LogP contribution in [0.4, 0.5) is 0 Å². The largest absolute Gasteiger partial charge is 0.476 e. The number of nitrogens with one attached hydrogen (secondary N) is 1. The first kappa shape index (κ1) is 7.61. The summed E-state index contributed by atoms with van der Waals surface area (Å²) in [5, 5.41) is 3.24. The van der Waals surface area contributed by atoms with Crippen molar-refractivity contribution in [3.05, 3.63) is 12.0 Å². The fraction of sp³-hybridized carbons (Fsp3) is 0.625. The Morgan fingerprint density at radius 2 is 2.67 bits per heavy atom. The molecule has 1 aromatic rings. The van der Waals surface area contributed by atoms with Gasteiger partial charge in [-0.1, -0.05) is 6.92 Å². The fourth-order valence-corrected chi connectivity index (χ4v) is 1.37. The van der Waals surface area contributed by atoms with E-state index in [1.54, 1.807) is 6.20 Å². The molecule has 0 radical (unpaired) electrons. The summed E-state index contributed by atoms with van der Waals surface area (Å²) in [7, 11) is 0. The molecule has 0 atom stereocenters. The van der Waals surface area contributed by atoms with E-state index in [0.717, 1.165) is 37.9 Å². The number of ether oxygens (including phenoxy) is 1. The average molecular weight is 167 g/mol. The van der Waals surface area contributed by atoms with Gasteiger partial charge in [0, 0.05) is 0 Å². The molecule has 2 heterocycles. The van der Waals surface area contributed by atoms with E-state index in [-0.39, 0.29) is 0 Å². The predicted molar refractivity (Wildman–Crippen MR) is 45.1 cm³/mol. The third-order valence-corrected chi connectivity index (χ3v) is 2.00. The highest BCUT2D eigenvalue weighted by Crippen LogP contribution is 2.18. The van der Waals surface area contributed by atoms with E-state index >= 15 is 0 Å². The van der Waals surface area contributed by atoms with Crippen LogP contribution in [0.2, 0.25) is 0 Å². The minimum absolute atomic E-state index is 0.789. The quantitative estimate of drug-likeness (QED) is 0.707. The lowest BCUT2D eigenvalue weighted by atomic mass is 10.5. The molecule has 0 saturated heterocycles. The number of hydrogen-bond donors (Lipinski definition) is 1. The first-order chi connectivity index (χ1) is 5.92. The molecule has 2 rings (SSSR count). The summed E-state index contributed by atoms with van der Waals surface area (Å²) in [4.78, 5) is 4.25. The molecule has 0 fully saturated rings. The third kappa shape index (κ3) is 1.18. The van der Waals surface area contributed by atoms with Gasteiger partial charge in [-0.2, -0.15) is 0 Å². The summed E-state index contributed by atoms with van der Waals surface area (Å²) in [6, 6.07) is 0. The van der Waals surface area contributed by atoms with Gasteiger partial charge >= 0.3 is 0 Å². The van der Waals surface area contributed by atoms with Crippen LogP contribution in [0.15, 0.2) is 6.20 Å². The van der Waals surface area contributed by atoms with E-state index < -0.39 is 0 Å². The Hall–Kier alpha value is -1.03. The standard InChI is InChI=1S/C8H13N3O/c1-2-9-5-7-10-6-8-11(7)3-4-12-8/h6,9H,2-5H2,1H3. The van der Waals surface area contributed by atoms with Crippen LogP contribution < -0.4 is 10.1 Å². The Balaban J connectivity index is 2.11. The molecule has 66 valence electrons. The van der Waals surface area contributed by atoms with E-state index in [1.807, 2.05) is 0 Å². The minimum atomic E-state index is 0.789. The van der Waals surface area contributed by atoms with E-state index in [4.69, 9.17) is 4.74 Å². The zero-order valence-electron chi connectivity index (χ0n) is 7.21. The monoisotopic (exact) mass is 167 g/mol. The van der Waals surface area contributed by atoms with Crippen molar-refractivity contribution in [2.24, 2.45) is 0 Å². The first-order valence-electron chi connectivity index (χ1n) is 4.29. The molecular formula is C8H13N3O. The molecule has 1 aliphatic heterocycles. The van der Waals surface area contributed by atoms with Crippen molar-refractivity contribution in [2.75, 3.05) is 13.2 Å². The Labute approximate surface area is 71.6 Å². The highest BCUT2D eigenvalue weighted by atomic mass is 16.5. The van der Waals surface area contributed by atoms with E-state index in [1.165, 1.54) is 0 Å². The molecule has 0 spiro atoms. The highest BCUT2D eigenvalue weighted by molar-refractivity contribution is 5.14. The van der Waals surface area contributed by atoms with Gasteiger partial charge in [0.1, 0.15) is 12.4 Å². The van der Waals surface area contributed by atoms with Gasteiger partial charge < -0.3 is 10.1 Å². The Morgan fingerprint density at radius 3 is 3.50 bits per heavy atom. The molecule has 0 unspecified atom stereocenters. The molecule has 12 heavy (non-hydrogen) atoms. The molecular weight excluding hydrogens is 154 g/mol. The van der Waals surface area contributed by atoms with Gasteiger partial charge in [-0.25, -0.2) is 4.98 Å². The topological polar surface area (TPSA) is 39.1 Å². The third-order valence-electron chi connectivity index (χ3n) is 2.00. The average Bonchev–Trinajstić information content (AvgIpc) is 2.62. The number of hydrogen-bond acceptors (Lipinski definition) is 3. The van der Waals surface area contributed by atoms with Gasteiger partial charge in [0.15, 0.2) is 0 Å². The van der Waals surface area contributed by atoms with Crippen LogP contribution in [0.1, 0.15) is 12.7 Å². The second-order valence-corrected chi connectivity index (χ2v) is 2.79. The number of aromatic nitrogens is 2. The van der Waals surface area contributed by atoms with Gasteiger partial charge in [0.2, 0.25) is 5.88 Å². The number of rotatable bonds is 3. The summed E-state index contributed by atoms with van der Waals surface area (Å²) in [6.07, 6.45) is 1.79.